The first-order chi connectivity index (χ1) is 7.68. The van der Waals surface area contributed by atoms with E-state index in [4.69, 9.17) is 0 Å². The summed E-state index contributed by atoms with van der Waals surface area (Å²) in [4.78, 5) is 11.7. The highest BCUT2D eigenvalue weighted by Gasteiger charge is 2.26. The largest absolute Gasteiger partial charge is 0.350 e. The summed E-state index contributed by atoms with van der Waals surface area (Å²) in [6, 6.07) is 0.522. The molecule has 1 aliphatic rings. The second-order valence-electron chi connectivity index (χ2n) is 7.12. The van der Waals surface area contributed by atoms with Crippen molar-refractivity contribution in [2.24, 2.45) is 5.41 Å². The van der Waals surface area contributed by atoms with Crippen molar-refractivity contribution in [2.45, 2.75) is 71.9 Å². The standard InChI is InChI=1S/C14H28N2O/c1-13(2,3)16-12(17)10-15-11-6-8-14(4,5)9-7-11/h11,15H,6-10H2,1-5H3,(H,16,17). The van der Waals surface area contributed by atoms with Crippen molar-refractivity contribution >= 4 is 5.91 Å². The predicted molar refractivity (Wildman–Crippen MR) is 71.9 cm³/mol. The third-order valence-corrected chi connectivity index (χ3v) is 3.40. The van der Waals surface area contributed by atoms with Crippen LogP contribution < -0.4 is 10.6 Å². The Bertz CT molecular complexity index is 256. The number of carbonyl (C=O) groups is 1. The lowest BCUT2D eigenvalue weighted by molar-refractivity contribution is -0.121. The molecule has 3 nitrogen and oxygen atoms in total. The SMILES string of the molecule is CC1(C)CCC(NCC(=O)NC(C)(C)C)CC1. The summed E-state index contributed by atoms with van der Waals surface area (Å²) in [6.45, 7) is 11.1. The van der Waals surface area contributed by atoms with Gasteiger partial charge in [0.2, 0.25) is 5.91 Å². The maximum absolute atomic E-state index is 11.7. The van der Waals surface area contributed by atoms with Crippen molar-refractivity contribution in [3.63, 3.8) is 0 Å². The van der Waals surface area contributed by atoms with Gasteiger partial charge in [0.1, 0.15) is 0 Å². The van der Waals surface area contributed by atoms with Crippen LogP contribution in [-0.4, -0.2) is 24.0 Å². The average molecular weight is 240 g/mol. The normalized spacial score (nSPS) is 21.2. The molecule has 100 valence electrons. The van der Waals surface area contributed by atoms with E-state index in [-0.39, 0.29) is 11.4 Å². The molecule has 1 rings (SSSR count). The molecule has 0 radical (unpaired) electrons. The molecule has 0 saturated heterocycles. The van der Waals surface area contributed by atoms with Gasteiger partial charge >= 0.3 is 0 Å². The second kappa shape index (κ2) is 5.38. The topological polar surface area (TPSA) is 41.1 Å². The summed E-state index contributed by atoms with van der Waals surface area (Å²) in [5, 5.41) is 6.34. The zero-order valence-corrected chi connectivity index (χ0v) is 12.0. The zero-order chi connectivity index (χ0) is 13.1. The van der Waals surface area contributed by atoms with Gasteiger partial charge < -0.3 is 10.6 Å². The van der Waals surface area contributed by atoms with Crippen LogP contribution in [0.2, 0.25) is 0 Å². The van der Waals surface area contributed by atoms with Crippen LogP contribution in [0.5, 0.6) is 0 Å². The summed E-state index contributed by atoms with van der Waals surface area (Å²) in [7, 11) is 0. The van der Waals surface area contributed by atoms with Gasteiger partial charge in [-0.3, -0.25) is 4.79 Å². The van der Waals surface area contributed by atoms with E-state index in [1.807, 2.05) is 20.8 Å². The van der Waals surface area contributed by atoms with E-state index in [1.54, 1.807) is 0 Å². The van der Waals surface area contributed by atoms with Crippen molar-refractivity contribution < 1.29 is 4.79 Å². The molecule has 0 spiro atoms. The van der Waals surface area contributed by atoms with Crippen LogP contribution in [0.4, 0.5) is 0 Å². The van der Waals surface area contributed by atoms with Crippen molar-refractivity contribution in [1.29, 1.82) is 0 Å². The van der Waals surface area contributed by atoms with E-state index < -0.39 is 0 Å². The molecule has 3 heteroatoms. The van der Waals surface area contributed by atoms with Crippen LogP contribution >= 0.6 is 0 Å². The molecule has 1 saturated carbocycles. The Morgan fingerprint density at radius 2 is 1.76 bits per heavy atom. The highest BCUT2D eigenvalue weighted by atomic mass is 16.2. The van der Waals surface area contributed by atoms with Crippen LogP contribution in [0.3, 0.4) is 0 Å². The van der Waals surface area contributed by atoms with Gasteiger partial charge in [0.15, 0.2) is 0 Å². The Balaban J connectivity index is 2.22. The van der Waals surface area contributed by atoms with Crippen LogP contribution in [-0.2, 0) is 4.79 Å². The molecular weight excluding hydrogens is 212 g/mol. The molecule has 0 bridgehead atoms. The van der Waals surface area contributed by atoms with Gasteiger partial charge in [-0.15, -0.1) is 0 Å². The minimum absolute atomic E-state index is 0.0994. The van der Waals surface area contributed by atoms with Gasteiger partial charge in [-0.2, -0.15) is 0 Å². The number of nitrogens with one attached hydrogen (secondary N) is 2. The lowest BCUT2D eigenvalue weighted by Crippen LogP contribution is -2.47. The molecule has 0 aliphatic heterocycles. The summed E-state index contributed by atoms with van der Waals surface area (Å²) in [5.74, 6) is 0.0994. The van der Waals surface area contributed by atoms with Crippen molar-refractivity contribution in [3.05, 3.63) is 0 Å². The van der Waals surface area contributed by atoms with E-state index in [9.17, 15) is 4.79 Å². The first-order valence-electron chi connectivity index (χ1n) is 6.72. The lowest BCUT2D eigenvalue weighted by atomic mass is 9.75. The van der Waals surface area contributed by atoms with E-state index in [0.717, 1.165) is 0 Å². The molecule has 17 heavy (non-hydrogen) atoms. The van der Waals surface area contributed by atoms with E-state index in [1.165, 1.54) is 25.7 Å². The van der Waals surface area contributed by atoms with Gasteiger partial charge in [-0.05, 0) is 51.9 Å². The monoisotopic (exact) mass is 240 g/mol. The fraction of sp³-hybridized carbons (Fsp3) is 0.929. The third kappa shape index (κ3) is 6.06. The van der Waals surface area contributed by atoms with Crippen LogP contribution in [0.25, 0.3) is 0 Å². The first-order valence-corrected chi connectivity index (χ1v) is 6.72. The Kier molecular flexibility index (Phi) is 4.59. The zero-order valence-electron chi connectivity index (χ0n) is 12.0. The predicted octanol–water partition coefficient (Wildman–Crippen LogP) is 2.46. The first kappa shape index (κ1) is 14.5. The number of hydrogen-bond donors (Lipinski definition) is 2. The number of amides is 1. The molecule has 1 aliphatic carbocycles. The number of rotatable bonds is 3. The number of carbonyl (C=O) groups excluding carboxylic acids is 1. The molecule has 0 aromatic carbocycles. The van der Waals surface area contributed by atoms with E-state index >= 15 is 0 Å². The summed E-state index contributed by atoms with van der Waals surface area (Å²) in [5.41, 5.74) is 0.360. The van der Waals surface area contributed by atoms with E-state index in [0.29, 0.717) is 18.0 Å². The van der Waals surface area contributed by atoms with Gasteiger partial charge in [0, 0.05) is 11.6 Å². The molecule has 2 N–H and O–H groups in total. The highest BCUT2D eigenvalue weighted by Crippen LogP contribution is 2.34. The van der Waals surface area contributed by atoms with E-state index in [2.05, 4.69) is 24.5 Å². The molecule has 1 amide bonds. The highest BCUT2D eigenvalue weighted by molar-refractivity contribution is 5.78. The third-order valence-electron chi connectivity index (χ3n) is 3.40. The van der Waals surface area contributed by atoms with Gasteiger partial charge in [0.05, 0.1) is 6.54 Å². The Morgan fingerprint density at radius 3 is 2.24 bits per heavy atom. The molecule has 1 fully saturated rings. The van der Waals surface area contributed by atoms with Crippen molar-refractivity contribution in [3.8, 4) is 0 Å². The summed E-state index contributed by atoms with van der Waals surface area (Å²) < 4.78 is 0. The minimum atomic E-state index is -0.132. The fourth-order valence-corrected chi connectivity index (χ4v) is 2.30. The minimum Gasteiger partial charge on any atom is -0.350 e. The lowest BCUT2D eigenvalue weighted by Gasteiger charge is -2.34. The smallest absolute Gasteiger partial charge is 0.234 e. The maximum Gasteiger partial charge on any atom is 0.234 e. The Hall–Kier alpha value is -0.570. The summed E-state index contributed by atoms with van der Waals surface area (Å²) in [6.07, 6.45) is 4.89. The summed E-state index contributed by atoms with van der Waals surface area (Å²) >= 11 is 0. The van der Waals surface area contributed by atoms with Gasteiger partial charge in [-0.1, -0.05) is 13.8 Å². The number of hydrogen-bond acceptors (Lipinski definition) is 2. The molecular formula is C14H28N2O. The molecule has 0 atom stereocenters. The van der Waals surface area contributed by atoms with Gasteiger partial charge in [0.25, 0.3) is 0 Å². The van der Waals surface area contributed by atoms with Crippen LogP contribution in [0.1, 0.15) is 60.3 Å². The molecule has 0 aromatic rings. The van der Waals surface area contributed by atoms with Crippen molar-refractivity contribution in [2.75, 3.05) is 6.54 Å². The molecule has 0 heterocycles. The fourth-order valence-electron chi connectivity index (χ4n) is 2.30. The van der Waals surface area contributed by atoms with Crippen LogP contribution in [0, 0.1) is 5.41 Å². The quantitative estimate of drug-likeness (QED) is 0.795. The second-order valence-corrected chi connectivity index (χ2v) is 7.12. The average Bonchev–Trinajstić information content (AvgIpc) is 2.13. The molecule has 0 aromatic heterocycles. The van der Waals surface area contributed by atoms with Crippen LogP contribution in [0.15, 0.2) is 0 Å². The Morgan fingerprint density at radius 1 is 1.24 bits per heavy atom. The molecule has 0 unspecified atom stereocenters. The van der Waals surface area contributed by atoms with Crippen molar-refractivity contribution in [1.82, 2.24) is 10.6 Å². The Labute approximate surface area is 106 Å². The maximum atomic E-state index is 11.7. The van der Waals surface area contributed by atoms with Gasteiger partial charge in [-0.25, -0.2) is 0 Å².